The second-order valence-corrected chi connectivity index (χ2v) is 7.89. The largest absolute Gasteiger partial charge is 0.339 e. The van der Waals surface area contributed by atoms with Crippen LogP contribution >= 0.6 is 0 Å². The Labute approximate surface area is 153 Å². The predicted octanol–water partition coefficient (Wildman–Crippen LogP) is -0.773. The number of hydrogen-bond acceptors (Lipinski definition) is 5. The minimum absolute atomic E-state index is 0.0278. The fourth-order valence-electron chi connectivity index (χ4n) is 4.08. The molecule has 3 aliphatic rings. The molecular weight excluding hydrogens is 332 g/mol. The van der Waals surface area contributed by atoms with E-state index in [4.69, 9.17) is 5.73 Å². The van der Waals surface area contributed by atoms with E-state index in [1.165, 1.54) is 0 Å². The van der Waals surface area contributed by atoms with E-state index in [0.29, 0.717) is 32.7 Å². The van der Waals surface area contributed by atoms with Crippen LogP contribution in [-0.2, 0) is 16.6 Å². The van der Waals surface area contributed by atoms with Crippen molar-refractivity contribution in [2.45, 2.75) is 24.8 Å². The summed E-state index contributed by atoms with van der Waals surface area (Å²) in [5, 5.41) is 4.23. The maximum atomic E-state index is 12.7. The number of nitrogens with zero attached hydrogens (tertiary/aromatic N) is 5. The van der Waals surface area contributed by atoms with Crippen molar-refractivity contribution in [3.63, 3.8) is 0 Å². The summed E-state index contributed by atoms with van der Waals surface area (Å²) in [6.45, 7) is 4.54. The number of carbonyl (C=O) groups excluding carboxylic acids is 2. The van der Waals surface area contributed by atoms with Crippen LogP contribution in [0, 0.1) is 5.92 Å². The monoisotopic (exact) mass is 360 g/mol. The molecule has 0 bridgehead atoms. The fourth-order valence-corrected chi connectivity index (χ4v) is 4.08. The number of amides is 2. The summed E-state index contributed by atoms with van der Waals surface area (Å²) in [6.07, 6.45) is 5.94. The van der Waals surface area contributed by atoms with Crippen LogP contribution in [0.15, 0.2) is 12.4 Å². The molecule has 0 spiro atoms. The molecule has 8 nitrogen and oxygen atoms in total. The number of hydrogen-bond donors (Lipinski definition) is 1. The molecule has 2 atom stereocenters. The van der Waals surface area contributed by atoms with Gasteiger partial charge in [0.25, 0.3) is 0 Å². The third-order valence-electron chi connectivity index (χ3n) is 5.82. The molecular formula is C18H28N6O2. The Hall–Kier alpha value is -1.93. The van der Waals surface area contributed by atoms with Crippen molar-refractivity contribution < 1.29 is 9.59 Å². The van der Waals surface area contributed by atoms with E-state index in [-0.39, 0.29) is 29.7 Å². The predicted molar refractivity (Wildman–Crippen MR) is 96.2 cm³/mol. The van der Waals surface area contributed by atoms with Gasteiger partial charge in [0, 0.05) is 70.4 Å². The number of piperazine rings is 1. The van der Waals surface area contributed by atoms with Gasteiger partial charge in [-0.15, -0.1) is 0 Å². The third kappa shape index (κ3) is 3.61. The number of nitrogens with two attached hydrogens (primary N) is 1. The van der Waals surface area contributed by atoms with Gasteiger partial charge in [0.05, 0.1) is 12.7 Å². The number of likely N-dealkylation sites (tertiary alicyclic amines) is 1. The lowest BCUT2D eigenvalue weighted by atomic mass is 9.98. The van der Waals surface area contributed by atoms with E-state index in [0.717, 1.165) is 31.5 Å². The molecule has 0 aromatic carbocycles. The van der Waals surface area contributed by atoms with Gasteiger partial charge in [-0.05, 0) is 18.4 Å². The van der Waals surface area contributed by atoms with Gasteiger partial charge in [0.15, 0.2) is 0 Å². The number of carbonyl (C=O) groups is 2. The van der Waals surface area contributed by atoms with Crippen molar-refractivity contribution in [3.8, 4) is 0 Å². The molecule has 0 radical (unpaired) electrons. The Morgan fingerprint density at radius 1 is 1.15 bits per heavy atom. The number of aromatic nitrogens is 2. The van der Waals surface area contributed by atoms with Gasteiger partial charge in [-0.1, -0.05) is 0 Å². The van der Waals surface area contributed by atoms with Gasteiger partial charge in [0.1, 0.15) is 0 Å². The lowest BCUT2D eigenvalue weighted by Crippen LogP contribution is -2.52. The zero-order chi connectivity index (χ0) is 18.3. The molecule has 3 heterocycles. The summed E-state index contributed by atoms with van der Waals surface area (Å²) in [5.41, 5.74) is 7.44. The van der Waals surface area contributed by atoms with E-state index in [2.05, 4.69) is 10.00 Å². The molecule has 3 fully saturated rings. The molecule has 2 saturated heterocycles. The maximum Gasteiger partial charge on any atom is 0.236 e. The van der Waals surface area contributed by atoms with Crippen LogP contribution in [0.3, 0.4) is 0 Å². The Kier molecular flexibility index (Phi) is 4.71. The molecule has 4 rings (SSSR count). The molecule has 2 aliphatic heterocycles. The van der Waals surface area contributed by atoms with Crippen molar-refractivity contribution >= 4 is 11.8 Å². The zero-order valence-electron chi connectivity index (χ0n) is 15.4. The molecule has 2 amide bonds. The highest BCUT2D eigenvalue weighted by atomic mass is 16.2. The average molecular weight is 360 g/mol. The molecule has 26 heavy (non-hydrogen) atoms. The van der Waals surface area contributed by atoms with E-state index in [1.807, 2.05) is 29.2 Å². The second kappa shape index (κ2) is 7.00. The van der Waals surface area contributed by atoms with Gasteiger partial charge >= 0.3 is 0 Å². The number of aryl methyl sites for hydroxylation is 1. The first-order chi connectivity index (χ1) is 12.5. The molecule has 1 saturated carbocycles. The smallest absolute Gasteiger partial charge is 0.236 e. The fraction of sp³-hybridized carbons (Fsp3) is 0.722. The van der Waals surface area contributed by atoms with Crippen LogP contribution in [0.5, 0.6) is 0 Å². The van der Waals surface area contributed by atoms with Gasteiger partial charge in [0.2, 0.25) is 11.8 Å². The normalized spacial score (nSPS) is 27.2. The van der Waals surface area contributed by atoms with E-state index >= 15 is 0 Å². The Balaban J connectivity index is 1.27. The molecule has 1 aromatic rings. The van der Waals surface area contributed by atoms with Crippen LogP contribution in [-0.4, -0.2) is 88.1 Å². The molecule has 8 heteroatoms. The Morgan fingerprint density at radius 2 is 1.85 bits per heavy atom. The van der Waals surface area contributed by atoms with Gasteiger partial charge < -0.3 is 15.5 Å². The Morgan fingerprint density at radius 3 is 2.46 bits per heavy atom. The van der Waals surface area contributed by atoms with Crippen molar-refractivity contribution in [3.05, 3.63) is 18.0 Å². The summed E-state index contributed by atoms with van der Waals surface area (Å²) >= 11 is 0. The topological polar surface area (TPSA) is 87.7 Å². The summed E-state index contributed by atoms with van der Waals surface area (Å²) in [6, 6.07) is 0.0278. The van der Waals surface area contributed by atoms with E-state index < -0.39 is 0 Å². The van der Waals surface area contributed by atoms with Crippen molar-refractivity contribution in [2.75, 3.05) is 45.8 Å². The molecule has 142 valence electrons. The van der Waals surface area contributed by atoms with Gasteiger partial charge in [-0.2, -0.15) is 5.10 Å². The first-order valence-electron chi connectivity index (χ1n) is 9.54. The minimum atomic E-state index is 0.0278. The first kappa shape index (κ1) is 17.5. The highest BCUT2D eigenvalue weighted by Crippen LogP contribution is 2.31. The minimum Gasteiger partial charge on any atom is -0.339 e. The summed E-state index contributed by atoms with van der Waals surface area (Å²) in [7, 11) is 1.90. The summed E-state index contributed by atoms with van der Waals surface area (Å²) < 4.78 is 1.79. The molecule has 2 N–H and O–H groups in total. The van der Waals surface area contributed by atoms with Crippen LogP contribution in [0.25, 0.3) is 0 Å². The third-order valence-corrected chi connectivity index (χ3v) is 5.82. The van der Waals surface area contributed by atoms with Crippen molar-refractivity contribution in [1.29, 1.82) is 0 Å². The second-order valence-electron chi connectivity index (χ2n) is 7.89. The van der Waals surface area contributed by atoms with Crippen LogP contribution < -0.4 is 5.73 Å². The van der Waals surface area contributed by atoms with Crippen molar-refractivity contribution in [2.24, 2.45) is 18.7 Å². The van der Waals surface area contributed by atoms with Gasteiger partial charge in [-0.3, -0.25) is 19.2 Å². The first-order valence-corrected chi connectivity index (χ1v) is 9.54. The highest BCUT2D eigenvalue weighted by Gasteiger charge is 2.36. The average Bonchev–Trinajstić information content (AvgIpc) is 3.30. The maximum absolute atomic E-state index is 12.7. The van der Waals surface area contributed by atoms with E-state index in [1.54, 1.807) is 4.68 Å². The van der Waals surface area contributed by atoms with Crippen LogP contribution in [0.4, 0.5) is 0 Å². The van der Waals surface area contributed by atoms with Crippen LogP contribution in [0.1, 0.15) is 24.3 Å². The van der Waals surface area contributed by atoms with Crippen LogP contribution in [0.2, 0.25) is 0 Å². The highest BCUT2D eigenvalue weighted by molar-refractivity contribution is 5.82. The lowest BCUT2D eigenvalue weighted by molar-refractivity contribution is -0.140. The number of rotatable bonds is 4. The summed E-state index contributed by atoms with van der Waals surface area (Å²) in [5.74, 6) is 0.904. The Bertz CT molecular complexity index is 677. The van der Waals surface area contributed by atoms with Crippen molar-refractivity contribution in [1.82, 2.24) is 24.5 Å². The lowest BCUT2D eigenvalue weighted by Gasteiger charge is -2.35. The molecule has 1 aromatic heterocycles. The quantitative estimate of drug-likeness (QED) is 0.762. The standard InChI is InChI=1S/C18H28N6O2/c1-21-9-14(8-20-21)15-10-22(11-16(15)19)12-17(25)23-4-6-24(7-5-23)18(26)13-2-3-13/h8-9,13,15-16H,2-7,10-12,19H2,1H3/t15-,16+/m0/s1. The zero-order valence-corrected chi connectivity index (χ0v) is 15.4. The molecule has 1 aliphatic carbocycles. The molecule has 0 unspecified atom stereocenters. The van der Waals surface area contributed by atoms with Gasteiger partial charge in [-0.25, -0.2) is 0 Å². The summed E-state index contributed by atoms with van der Waals surface area (Å²) in [4.78, 5) is 30.7. The SMILES string of the molecule is Cn1cc([C@@H]2CN(CC(=O)N3CCN(C(=O)C4CC4)CC3)C[C@H]2N)cn1. The van der Waals surface area contributed by atoms with E-state index in [9.17, 15) is 9.59 Å².